The molecular formula is C19H25N3O3. The number of nitrogens with zero attached hydrogens (tertiary/aromatic N) is 1. The summed E-state index contributed by atoms with van der Waals surface area (Å²) in [5.74, 6) is 0.149. The fourth-order valence-corrected chi connectivity index (χ4v) is 2.64. The van der Waals surface area contributed by atoms with Gasteiger partial charge in [-0.05, 0) is 37.0 Å². The average Bonchev–Trinajstić information content (AvgIpc) is 2.57. The minimum Gasteiger partial charge on any atom is -0.393 e. The van der Waals surface area contributed by atoms with Gasteiger partial charge in [0, 0.05) is 12.7 Å². The summed E-state index contributed by atoms with van der Waals surface area (Å²) in [6, 6.07) is 12.6. The summed E-state index contributed by atoms with van der Waals surface area (Å²) >= 11 is 0. The van der Waals surface area contributed by atoms with E-state index >= 15 is 0 Å². The molecule has 0 saturated heterocycles. The van der Waals surface area contributed by atoms with Crippen molar-refractivity contribution in [3.63, 3.8) is 0 Å². The molecule has 2 atom stereocenters. The van der Waals surface area contributed by atoms with E-state index in [4.69, 9.17) is 0 Å². The number of carbonyl (C=O) groups excluding carboxylic acids is 1. The van der Waals surface area contributed by atoms with Crippen LogP contribution in [0.2, 0.25) is 0 Å². The van der Waals surface area contributed by atoms with E-state index in [-0.39, 0.29) is 17.2 Å². The van der Waals surface area contributed by atoms with Crippen molar-refractivity contribution >= 4 is 11.7 Å². The highest BCUT2D eigenvalue weighted by molar-refractivity contribution is 5.88. The molecule has 0 aliphatic rings. The molecule has 0 radical (unpaired) electrons. The summed E-state index contributed by atoms with van der Waals surface area (Å²) in [6.07, 6.45) is 1.90. The van der Waals surface area contributed by atoms with E-state index < -0.39 is 12.1 Å². The molecule has 1 heterocycles. The van der Waals surface area contributed by atoms with E-state index in [1.165, 1.54) is 0 Å². The molecule has 1 aromatic heterocycles. The number of hydrogen-bond donors (Lipinski definition) is 3. The van der Waals surface area contributed by atoms with E-state index in [1.807, 2.05) is 37.3 Å². The zero-order chi connectivity index (χ0) is 18.2. The van der Waals surface area contributed by atoms with E-state index in [2.05, 4.69) is 10.6 Å². The Balaban J connectivity index is 1.97. The first-order valence-corrected chi connectivity index (χ1v) is 8.42. The highest BCUT2D eigenvalue weighted by atomic mass is 16.3. The number of anilines is 1. The fraction of sp³-hybridized carbons (Fsp3) is 0.368. The topological polar surface area (TPSA) is 83.4 Å². The van der Waals surface area contributed by atoms with Gasteiger partial charge in [-0.15, -0.1) is 0 Å². The van der Waals surface area contributed by atoms with Crippen LogP contribution in [0.15, 0.2) is 53.5 Å². The number of hydrogen-bond acceptors (Lipinski definition) is 3. The lowest BCUT2D eigenvalue weighted by atomic mass is 10.1. The Bertz CT molecular complexity index is 741. The van der Waals surface area contributed by atoms with Gasteiger partial charge in [0.1, 0.15) is 5.69 Å². The van der Waals surface area contributed by atoms with E-state index in [9.17, 15) is 14.7 Å². The van der Waals surface area contributed by atoms with Crippen LogP contribution in [0.3, 0.4) is 0 Å². The molecule has 0 fully saturated rings. The number of pyridine rings is 1. The second kappa shape index (κ2) is 9.03. The summed E-state index contributed by atoms with van der Waals surface area (Å²) in [4.78, 5) is 24.5. The molecule has 6 heteroatoms. The molecule has 3 N–H and O–H groups in total. The van der Waals surface area contributed by atoms with Crippen LogP contribution in [-0.2, 0) is 6.54 Å². The first-order chi connectivity index (χ1) is 12.0. The summed E-state index contributed by atoms with van der Waals surface area (Å²) in [5, 5.41) is 14.7. The monoisotopic (exact) mass is 343 g/mol. The van der Waals surface area contributed by atoms with Gasteiger partial charge < -0.3 is 20.3 Å². The maximum absolute atomic E-state index is 12.5. The first-order valence-electron chi connectivity index (χ1n) is 8.42. The number of aliphatic hydroxyl groups is 1. The third-order valence-corrected chi connectivity index (χ3v) is 3.82. The summed E-state index contributed by atoms with van der Waals surface area (Å²) in [6.45, 7) is 4.54. The molecule has 2 amide bonds. The standard InChI is InChI=1S/C19H25N3O3/c1-14(11-15(2)23)12-20-19(25)21-17-9-6-10-22(18(17)24)13-16-7-4-3-5-8-16/h3-10,14-15,23H,11-13H2,1-2H3,(H2,20,21,25). The molecule has 0 aliphatic heterocycles. The summed E-state index contributed by atoms with van der Waals surface area (Å²) < 4.78 is 1.56. The second-order valence-corrected chi connectivity index (χ2v) is 6.37. The molecule has 0 aliphatic carbocycles. The Morgan fingerprint density at radius 1 is 1.16 bits per heavy atom. The molecule has 6 nitrogen and oxygen atoms in total. The minimum atomic E-state index is -0.424. The highest BCUT2D eigenvalue weighted by Crippen LogP contribution is 2.05. The zero-order valence-electron chi connectivity index (χ0n) is 14.6. The molecule has 0 bridgehead atoms. The zero-order valence-corrected chi connectivity index (χ0v) is 14.6. The Hall–Kier alpha value is -2.60. The number of aromatic nitrogens is 1. The van der Waals surface area contributed by atoms with Gasteiger partial charge in [-0.3, -0.25) is 4.79 Å². The van der Waals surface area contributed by atoms with Crippen LogP contribution < -0.4 is 16.2 Å². The molecule has 134 valence electrons. The van der Waals surface area contributed by atoms with Crippen LogP contribution >= 0.6 is 0 Å². The molecule has 2 aromatic rings. The second-order valence-electron chi connectivity index (χ2n) is 6.37. The third-order valence-electron chi connectivity index (χ3n) is 3.82. The predicted molar refractivity (Wildman–Crippen MR) is 98.7 cm³/mol. The van der Waals surface area contributed by atoms with Gasteiger partial charge in [0.25, 0.3) is 5.56 Å². The van der Waals surface area contributed by atoms with Gasteiger partial charge in [-0.1, -0.05) is 37.3 Å². The third kappa shape index (κ3) is 6.08. The van der Waals surface area contributed by atoms with Crippen molar-refractivity contribution in [1.82, 2.24) is 9.88 Å². The van der Waals surface area contributed by atoms with E-state index in [0.717, 1.165) is 5.56 Å². The maximum atomic E-state index is 12.5. The maximum Gasteiger partial charge on any atom is 0.319 e. The van der Waals surface area contributed by atoms with E-state index in [1.54, 1.807) is 29.8 Å². The smallest absolute Gasteiger partial charge is 0.319 e. The van der Waals surface area contributed by atoms with Crippen molar-refractivity contribution in [2.45, 2.75) is 32.9 Å². The molecule has 2 rings (SSSR count). The van der Waals surface area contributed by atoms with Crippen molar-refractivity contribution in [2.75, 3.05) is 11.9 Å². The Labute approximate surface area is 147 Å². The van der Waals surface area contributed by atoms with Crippen LogP contribution in [0.4, 0.5) is 10.5 Å². The Kier molecular flexibility index (Phi) is 6.77. The van der Waals surface area contributed by atoms with Crippen LogP contribution in [0, 0.1) is 5.92 Å². The average molecular weight is 343 g/mol. The lowest BCUT2D eigenvalue weighted by molar-refractivity contribution is 0.163. The van der Waals surface area contributed by atoms with Crippen molar-refractivity contribution < 1.29 is 9.90 Å². The summed E-state index contributed by atoms with van der Waals surface area (Å²) in [5.41, 5.74) is 0.996. The molecule has 1 aromatic carbocycles. The Morgan fingerprint density at radius 3 is 2.56 bits per heavy atom. The molecule has 2 unspecified atom stereocenters. The van der Waals surface area contributed by atoms with Gasteiger partial charge >= 0.3 is 6.03 Å². The van der Waals surface area contributed by atoms with Crippen LogP contribution in [-0.4, -0.2) is 28.4 Å². The van der Waals surface area contributed by atoms with Gasteiger partial charge in [0.15, 0.2) is 0 Å². The van der Waals surface area contributed by atoms with Crippen LogP contribution in [0.5, 0.6) is 0 Å². The van der Waals surface area contributed by atoms with Crippen LogP contribution in [0.25, 0.3) is 0 Å². The molecule has 25 heavy (non-hydrogen) atoms. The minimum absolute atomic E-state index is 0.149. The van der Waals surface area contributed by atoms with E-state index in [0.29, 0.717) is 19.5 Å². The van der Waals surface area contributed by atoms with Crippen molar-refractivity contribution in [1.29, 1.82) is 0 Å². The number of rotatable bonds is 7. The van der Waals surface area contributed by atoms with Gasteiger partial charge in [-0.25, -0.2) is 4.79 Å². The number of carbonyl (C=O) groups is 1. The van der Waals surface area contributed by atoms with Gasteiger partial charge in [0.05, 0.1) is 12.6 Å². The fourth-order valence-electron chi connectivity index (χ4n) is 2.64. The quantitative estimate of drug-likeness (QED) is 0.722. The number of amides is 2. The van der Waals surface area contributed by atoms with Gasteiger partial charge in [0.2, 0.25) is 0 Å². The molecular weight excluding hydrogens is 318 g/mol. The SMILES string of the molecule is CC(O)CC(C)CNC(=O)Nc1cccn(Cc2ccccc2)c1=O. The van der Waals surface area contributed by atoms with Crippen molar-refractivity contribution in [3.8, 4) is 0 Å². The number of nitrogens with one attached hydrogen (secondary N) is 2. The Morgan fingerprint density at radius 2 is 1.88 bits per heavy atom. The van der Waals surface area contributed by atoms with Crippen molar-refractivity contribution in [3.05, 3.63) is 64.6 Å². The highest BCUT2D eigenvalue weighted by Gasteiger charge is 2.10. The summed E-state index contributed by atoms with van der Waals surface area (Å²) in [7, 11) is 0. The lowest BCUT2D eigenvalue weighted by Crippen LogP contribution is -2.35. The normalized spacial score (nSPS) is 13.1. The lowest BCUT2D eigenvalue weighted by Gasteiger charge is -2.15. The van der Waals surface area contributed by atoms with Crippen molar-refractivity contribution in [2.24, 2.45) is 5.92 Å². The first kappa shape index (κ1) is 18.7. The number of aliphatic hydroxyl groups excluding tert-OH is 1. The van der Waals surface area contributed by atoms with Gasteiger partial charge in [-0.2, -0.15) is 0 Å². The number of urea groups is 1. The largest absolute Gasteiger partial charge is 0.393 e. The molecule has 0 saturated carbocycles. The number of benzene rings is 1. The van der Waals surface area contributed by atoms with Crippen LogP contribution in [0.1, 0.15) is 25.8 Å². The molecule has 0 spiro atoms. The predicted octanol–water partition coefficient (Wildman–Crippen LogP) is 2.43.